The summed E-state index contributed by atoms with van der Waals surface area (Å²) in [5.41, 5.74) is 1.36. The fourth-order valence-electron chi connectivity index (χ4n) is 6.33. The lowest BCUT2D eigenvalue weighted by molar-refractivity contribution is 0.158. The molecule has 0 aromatic heterocycles. The van der Waals surface area contributed by atoms with Crippen molar-refractivity contribution in [2.24, 2.45) is 5.92 Å². The average molecular weight is 499 g/mol. The van der Waals surface area contributed by atoms with Gasteiger partial charge in [0.05, 0.1) is 7.11 Å². The summed E-state index contributed by atoms with van der Waals surface area (Å²) in [5.74, 6) is 1.93. The first-order valence-electron chi connectivity index (χ1n) is 15.9. The largest absolute Gasteiger partial charge is 0.497 e. The van der Waals surface area contributed by atoms with Gasteiger partial charge < -0.3 is 15.0 Å². The van der Waals surface area contributed by atoms with Gasteiger partial charge in [-0.2, -0.15) is 0 Å². The average Bonchev–Trinajstić information content (AvgIpc) is 2.91. The zero-order valence-electron chi connectivity index (χ0n) is 23.8. The van der Waals surface area contributed by atoms with Crippen molar-refractivity contribution in [1.29, 1.82) is 0 Å². The Balaban J connectivity index is 1.44. The van der Waals surface area contributed by atoms with Gasteiger partial charge in [0.1, 0.15) is 5.75 Å². The Hall–Kier alpha value is -1.06. The topological polar surface area (TPSA) is 24.5 Å². The highest BCUT2D eigenvalue weighted by Gasteiger charge is 2.21. The number of rotatable bonds is 4. The molecule has 1 N–H and O–H groups in total. The Kier molecular flexibility index (Phi) is 15.6. The predicted molar refractivity (Wildman–Crippen MR) is 156 cm³/mol. The van der Waals surface area contributed by atoms with Gasteiger partial charge >= 0.3 is 0 Å². The maximum Gasteiger partial charge on any atom is 0.118 e. The van der Waals surface area contributed by atoms with Crippen LogP contribution in [0.4, 0.5) is 0 Å². The lowest BCUT2D eigenvalue weighted by Crippen LogP contribution is -2.44. The third kappa shape index (κ3) is 13.0. The van der Waals surface area contributed by atoms with Crippen molar-refractivity contribution < 1.29 is 4.74 Å². The summed E-state index contributed by atoms with van der Waals surface area (Å²) in [4.78, 5) is 2.76. The number of piperidine rings is 1. The number of fused-ring (bicyclic) bond motifs is 21. The van der Waals surface area contributed by atoms with Gasteiger partial charge in [-0.1, -0.05) is 121 Å². The Labute approximate surface area is 224 Å². The van der Waals surface area contributed by atoms with Gasteiger partial charge in [0.15, 0.2) is 0 Å². The molecule has 1 aromatic carbocycles. The fraction of sp³-hybridized carbons (Fsp3) is 0.818. The Bertz CT molecular complexity index is 638. The maximum absolute atomic E-state index is 5.33. The van der Waals surface area contributed by atoms with E-state index < -0.39 is 0 Å². The highest BCUT2D eigenvalue weighted by atomic mass is 16.5. The number of nitrogens with zero attached hydrogens (tertiary/aromatic N) is 1. The molecule has 3 aliphatic rings. The van der Waals surface area contributed by atoms with E-state index in [0.29, 0.717) is 6.04 Å². The normalized spacial score (nSPS) is 27.2. The molecule has 1 unspecified atom stereocenters. The minimum Gasteiger partial charge on any atom is -0.497 e. The molecule has 3 saturated heterocycles. The summed E-state index contributed by atoms with van der Waals surface area (Å²) in [7, 11) is 1.74. The Morgan fingerprint density at radius 2 is 1.11 bits per heavy atom. The zero-order chi connectivity index (χ0) is 25.1. The third-order valence-corrected chi connectivity index (χ3v) is 8.85. The van der Waals surface area contributed by atoms with Gasteiger partial charge in [-0.05, 0) is 56.0 Å². The second kappa shape index (κ2) is 19.1. The monoisotopic (exact) mass is 498 g/mol. The Morgan fingerprint density at radius 1 is 0.639 bits per heavy atom. The SMILES string of the molecule is COc1ccc(CNC2CCCCCCCCCCCCCCCCCCC3CCN(CC3)C2)cc1. The van der Waals surface area contributed by atoms with E-state index in [4.69, 9.17) is 4.74 Å². The number of ether oxygens (including phenoxy) is 1. The molecule has 36 heavy (non-hydrogen) atoms. The van der Waals surface area contributed by atoms with Gasteiger partial charge in [-0.25, -0.2) is 0 Å². The van der Waals surface area contributed by atoms with E-state index in [1.54, 1.807) is 7.11 Å². The van der Waals surface area contributed by atoms with E-state index in [1.165, 1.54) is 154 Å². The molecule has 0 saturated carbocycles. The fourth-order valence-corrected chi connectivity index (χ4v) is 6.33. The first kappa shape index (κ1) is 29.5. The third-order valence-electron chi connectivity index (χ3n) is 8.85. The minimum atomic E-state index is 0.606. The van der Waals surface area contributed by atoms with Gasteiger partial charge in [0.2, 0.25) is 0 Å². The standard InChI is InChI=1S/C33H58N2O/c1-36-33-22-20-31(21-23-33)28-34-32-19-17-15-13-11-9-7-5-3-2-4-6-8-10-12-14-16-18-30-24-26-35(29-32)27-25-30/h20-23,30,32,34H,2-19,24-29H2,1H3. The summed E-state index contributed by atoms with van der Waals surface area (Å²) >= 11 is 0. The highest BCUT2D eigenvalue weighted by Crippen LogP contribution is 2.24. The van der Waals surface area contributed by atoms with E-state index in [9.17, 15) is 0 Å². The van der Waals surface area contributed by atoms with Gasteiger partial charge in [-0.15, -0.1) is 0 Å². The van der Waals surface area contributed by atoms with Crippen LogP contribution in [0.15, 0.2) is 24.3 Å². The van der Waals surface area contributed by atoms with Crippen molar-refractivity contribution in [3.63, 3.8) is 0 Å². The van der Waals surface area contributed by atoms with Crippen molar-refractivity contribution in [1.82, 2.24) is 10.2 Å². The number of benzene rings is 1. The van der Waals surface area contributed by atoms with Gasteiger partial charge in [0, 0.05) is 19.1 Å². The van der Waals surface area contributed by atoms with Gasteiger partial charge in [0.25, 0.3) is 0 Å². The van der Waals surface area contributed by atoms with Crippen molar-refractivity contribution in [2.75, 3.05) is 26.7 Å². The van der Waals surface area contributed by atoms with Crippen LogP contribution in [0, 0.1) is 5.92 Å². The maximum atomic E-state index is 5.33. The zero-order valence-corrected chi connectivity index (χ0v) is 23.8. The van der Waals surface area contributed by atoms with Crippen molar-refractivity contribution in [3.8, 4) is 5.75 Å². The molecular weight excluding hydrogens is 440 g/mol. The first-order valence-corrected chi connectivity index (χ1v) is 15.9. The van der Waals surface area contributed by atoms with E-state index in [0.717, 1.165) is 18.2 Å². The molecule has 3 fully saturated rings. The molecule has 0 aliphatic carbocycles. The quantitative estimate of drug-likeness (QED) is 0.448. The lowest BCUT2D eigenvalue weighted by atomic mass is 9.90. The molecule has 3 heterocycles. The second-order valence-electron chi connectivity index (χ2n) is 11.9. The Morgan fingerprint density at radius 3 is 1.61 bits per heavy atom. The molecule has 0 amide bonds. The molecule has 2 bridgehead atoms. The second-order valence-corrected chi connectivity index (χ2v) is 11.9. The summed E-state index contributed by atoms with van der Waals surface area (Å²) in [5, 5.41) is 3.93. The van der Waals surface area contributed by atoms with Crippen LogP contribution in [0.5, 0.6) is 5.75 Å². The van der Waals surface area contributed by atoms with Gasteiger partial charge in [-0.3, -0.25) is 0 Å². The van der Waals surface area contributed by atoms with Crippen LogP contribution in [0.2, 0.25) is 0 Å². The molecule has 3 nitrogen and oxygen atoms in total. The highest BCUT2D eigenvalue weighted by molar-refractivity contribution is 5.27. The number of hydrogen-bond donors (Lipinski definition) is 1. The smallest absolute Gasteiger partial charge is 0.118 e. The first-order chi connectivity index (χ1) is 17.8. The predicted octanol–water partition coefficient (Wildman–Crippen LogP) is 8.90. The molecule has 0 radical (unpaired) electrons. The molecule has 3 heteroatoms. The van der Waals surface area contributed by atoms with E-state index in [1.807, 2.05) is 0 Å². The molecule has 1 aromatic rings. The van der Waals surface area contributed by atoms with Crippen LogP contribution in [0.1, 0.15) is 134 Å². The van der Waals surface area contributed by atoms with E-state index in [-0.39, 0.29) is 0 Å². The lowest BCUT2D eigenvalue weighted by Gasteiger charge is -2.35. The van der Waals surface area contributed by atoms with Crippen molar-refractivity contribution in [3.05, 3.63) is 29.8 Å². The number of hydrogen-bond acceptors (Lipinski definition) is 3. The van der Waals surface area contributed by atoms with Crippen LogP contribution in [0.3, 0.4) is 0 Å². The minimum absolute atomic E-state index is 0.606. The molecule has 3 aliphatic heterocycles. The van der Waals surface area contributed by atoms with Crippen molar-refractivity contribution >= 4 is 0 Å². The van der Waals surface area contributed by atoms with Crippen molar-refractivity contribution in [2.45, 2.75) is 141 Å². The summed E-state index contributed by atoms with van der Waals surface area (Å²) in [6.07, 6.45) is 28.9. The summed E-state index contributed by atoms with van der Waals surface area (Å²) in [6, 6.07) is 9.19. The molecule has 206 valence electrons. The molecule has 4 rings (SSSR count). The van der Waals surface area contributed by atoms with Crippen LogP contribution in [-0.2, 0) is 6.54 Å². The molecule has 0 spiro atoms. The molecular formula is C33H58N2O. The van der Waals surface area contributed by atoms with Crippen LogP contribution in [-0.4, -0.2) is 37.7 Å². The van der Waals surface area contributed by atoms with Crippen LogP contribution < -0.4 is 10.1 Å². The summed E-state index contributed by atoms with van der Waals surface area (Å²) < 4.78 is 5.33. The van der Waals surface area contributed by atoms with E-state index >= 15 is 0 Å². The molecule has 1 atom stereocenters. The number of nitrogens with one attached hydrogen (secondary N) is 1. The van der Waals surface area contributed by atoms with E-state index in [2.05, 4.69) is 34.5 Å². The number of methoxy groups -OCH3 is 1. The van der Waals surface area contributed by atoms with Crippen LogP contribution >= 0.6 is 0 Å². The summed E-state index contributed by atoms with van der Waals surface area (Å²) in [6.45, 7) is 4.81. The van der Waals surface area contributed by atoms with Crippen LogP contribution in [0.25, 0.3) is 0 Å².